The van der Waals surface area contributed by atoms with E-state index in [0.717, 1.165) is 29.7 Å². The Bertz CT molecular complexity index is 1750. The van der Waals surface area contributed by atoms with Gasteiger partial charge in [0.15, 0.2) is 11.5 Å². The van der Waals surface area contributed by atoms with Gasteiger partial charge in [-0.1, -0.05) is 27.2 Å². The zero-order valence-electron chi connectivity index (χ0n) is 27.0. The minimum Gasteiger partial charge on any atom is -0.493 e. The molecule has 2 heterocycles. The van der Waals surface area contributed by atoms with Gasteiger partial charge >= 0.3 is 12.1 Å². The molecule has 0 aliphatic heterocycles. The molecule has 47 heavy (non-hydrogen) atoms. The first kappa shape index (κ1) is 36.1. The molecule has 0 bridgehead atoms. The first-order valence-corrected chi connectivity index (χ1v) is 17.5. The van der Waals surface area contributed by atoms with Crippen LogP contribution in [0.25, 0.3) is 11.3 Å². The molecule has 4 rings (SSSR count). The summed E-state index contributed by atoms with van der Waals surface area (Å²) >= 11 is 1.31. The van der Waals surface area contributed by atoms with Crippen molar-refractivity contribution in [1.29, 1.82) is 0 Å². The van der Waals surface area contributed by atoms with Gasteiger partial charge in [0.2, 0.25) is 20.9 Å². The summed E-state index contributed by atoms with van der Waals surface area (Å²) < 4.78 is 83.0. The summed E-state index contributed by atoms with van der Waals surface area (Å²) in [5.74, 6) is -0.877. The number of carbonyl (C=O) groups excluding carboxylic acids is 2. The van der Waals surface area contributed by atoms with Crippen LogP contribution in [0.1, 0.15) is 72.9 Å². The molecule has 0 saturated carbocycles. The molecular formula is C32H38F3N3O7S2. The van der Waals surface area contributed by atoms with Crippen molar-refractivity contribution < 1.29 is 45.4 Å². The van der Waals surface area contributed by atoms with Crippen LogP contribution in [0.15, 0.2) is 29.4 Å². The van der Waals surface area contributed by atoms with Gasteiger partial charge in [0.1, 0.15) is 10.7 Å². The Hall–Kier alpha value is -3.72. The lowest BCUT2D eigenvalue weighted by molar-refractivity contribution is -0.141. The number of methoxy groups -OCH3 is 3. The smallest absolute Gasteiger partial charge is 0.433 e. The fraction of sp³-hybridized carbons (Fsp3) is 0.500. The van der Waals surface area contributed by atoms with Gasteiger partial charge in [0.05, 0.1) is 38.3 Å². The van der Waals surface area contributed by atoms with Crippen LogP contribution >= 0.6 is 11.3 Å². The third-order valence-electron chi connectivity index (χ3n) is 8.69. The molecule has 1 aliphatic carbocycles. The molecule has 1 aromatic carbocycles. The number of esters is 1. The Morgan fingerprint density at radius 2 is 1.77 bits per heavy atom. The topological polar surface area (TPSA) is 134 Å². The lowest BCUT2D eigenvalue weighted by Gasteiger charge is -2.36. The number of sulfone groups is 1. The quantitative estimate of drug-likeness (QED) is 0.161. The number of thiophene rings is 1. The molecular weight excluding hydrogens is 659 g/mol. The van der Waals surface area contributed by atoms with Crippen LogP contribution in [0.2, 0.25) is 0 Å². The van der Waals surface area contributed by atoms with Gasteiger partial charge in [0, 0.05) is 16.9 Å². The van der Waals surface area contributed by atoms with Gasteiger partial charge in [-0.05, 0) is 66.8 Å². The number of halogens is 3. The molecule has 1 amide bonds. The lowest BCUT2D eigenvalue weighted by Crippen LogP contribution is -2.28. The molecule has 1 atom stereocenters. The van der Waals surface area contributed by atoms with Crippen molar-refractivity contribution >= 4 is 38.1 Å². The number of fused-ring (bicyclic) bond motifs is 1. The van der Waals surface area contributed by atoms with E-state index in [9.17, 15) is 31.2 Å². The zero-order valence-corrected chi connectivity index (χ0v) is 28.7. The highest BCUT2D eigenvalue weighted by Gasteiger charge is 2.37. The van der Waals surface area contributed by atoms with E-state index in [1.165, 1.54) is 50.9 Å². The number of ether oxygens (including phenoxy) is 3. The maximum atomic E-state index is 13.8. The number of hydrogen-bond donors (Lipinski definition) is 1. The normalized spacial score (nSPS) is 15.1. The standard InChI is InChI=1S/C32H38F3N3O7S2/c1-7-31(2,3)19-11-12-20-24(16-19)46-28(27(20)29(40)45-6)38-26(39)9-8-14-47(41,42)30-36-21(17-25(37-30)32(33,34)35)18-10-13-22(43-4)23(15-18)44-5/h10,13,15,17,19H,7-9,11-12,14,16H2,1-6H3,(H,38,39). The predicted molar refractivity (Wildman–Crippen MR) is 171 cm³/mol. The van der Waals surface area contributed by atoms with Crippen molar-refractivity contribution in [2.24, 2.45) is 11.3 Å². The average Bonchev–Trinajstić information content (AvgIpc) is 3.40. The van der Waals surface area contributed by atoms with Crippen LogP contribution in [0.3, 0.4) is 0 Å². The fourth-order valence-electron chi connectivity index (χ4n) is 5.50. The summed E-state index contributed by atoms with van der Waals surface area (Å²) in [5, 5.41) is 2.06. The molecule has 1 unspecified atom stereocenters. The van der Waals surface area contributed by atoms with E-state index in [2.05, 4.69) is 36.1 Å². The van der Waals surface area contributed by atoms with Gasteiger partial charge in [-0.15, -0.1) is 11.3 Å². The number of anilines is 1. The van der Waals surface area contributed by atoms with Gasteiger partial charge in [-0.3, -0.25) is 4.79 Å². The van der Waals surface area contributed by atoms with Crippen LogP contribution in [-0.4, -0.2) is 57.3 Å². The van der Waals surface area contributed by atoms with E-state index < -0.39 is 44.5 Å². The molecule has 0 saturated heterocycles. The number of nitrogens with one attached hydrogen (secondary N) is 1. The van der Waals surface area contributed by atoms with Crippen LogP contribution in [-0.2, 0) is 38.4 Å². The first-order valence-electron chi connectivity index (χ1n) is 15.0. The summed E-state index contributed by atoms with van der Waals surface area (Å²) in [6.45, 7) is 6.58. The number of rotatable bonds is 12. The second kappa shape index (κ2) is 14.2. The molecule has 2 aromatic heterocycles. The first-order chi connectivity index (χ1) is 22.0. The van der Waals surface area contributed by atoms with E-state index in [1.807, 2.05) is 0 Å². The molecule has 256 valence electrons. The van der Waals surface area contributed by atoms with Crippen molar-refractivity contribution in [2.75, 3.05) is 32.4 Å². The number of hydrogen-bond acceptors (Lipinski definition) is 10. The monoisotopic (exact) mass is 697 g/mol. The molecule has 10 nitrogen and oxygen atoms in total. The maximum absolute atomic E-state index is 13.8. The van der Waals surface area contributed by atoms with Crippen molar-refractivity contribution in [3.63, 3.8) is 0 Å². The van der Waals surface area contributed by atoms with Crippen molar-refractivity contribution in [3.05, 3.63) is 46.0 Å². The molecule has 0 radical (unpaired) electrons. The molecule has 3 aromatic rings. The lowest BCUT2D eigenvalue weighted by atomic mass is 9.69. The Morgan fingerprint density at radius 1 is 1.06 bits per heavy atom. The number of carbonyl (C=O) groups is 2. The SMILES string of the molecule is CCC(C)(C)C1CCc2c(sc(NC(=O)CCCS(=O)(=O)c3nc(-c4ccc(OC)c(OC)c4)cc(C(F)(F)F)n3)c2C(=O)OC)C1. The fourth-order valence-corrected chi connectivity index (χ4v) is 8.02. The average molecular weight is 698 g/mol. The summed E-state index contributed by atoms with van der Waals surface area (Å²) in [7, 11) is -0.445. The highest BCUT2D eigenvalue weighted by atomic mass is 32.2. The van der Waals surface area contributed by atoms with Crippen molar-refractivity contribution in [2.45, 2.75) is 70.6 Å². The van der Waals surface area contributed by atoms with E-state index in [4.69, 9.17) is 14.2 Å². The number of aromatic nitrogens is 2. The van der Waals surface area contributed by atoms with Crippen LogP contribution in [0.4, 0.5) is 18.2 Å². The number of nitrogens with zero attached hydrogens (tertiary/aromatic N) is 2. The van der Waals surface area contributed by atoms with E-state index in [0.29, 0.717) is 34.7 Å². The summed E-state index contributed by atoms with van der Waals surface area (Å²) in [6.07, 6.45) is -2.15. The van der Waals surface area contributed by atoms with Gasteiger partial charge in [0.25, 0.3) is 0 Å². The van der Waals surface area contributed by atoms with E-state index in [1.54, 1.807) is 0 Å². The van der Waals surface area contributed by atoms with Crippen LogP contribution in [0, 0.1) is 11.3 Å². The highest BCUT2D eigenvalue weighted by molar-refractivity contribution is 7.91. The summed E-state index contributed by atoms with van der Waals surface area (Å²) in [5.41, 5.74) is -0.304. The van der Waals surface area contributed by atoms with Gasteiger partial charge in [-0.2, -0.15) is 13.2 Å². The molecule has 0 spiro atoms. The minimum atomic E-state index is -4.96. The van der Waals surface area contributed by atoms with Crippen molar-refractivity contribution in [3.8, 4) is 22.8 Å². The Kier molecular flexibility index (Phi) is 10.9. The third kappa shape index (κ3) is 8.06. The van der Waals surface area contributed by atoms with Crippen molar-refractivity contribution in [1.82, 2.24) is 9.97 Å². The van der Waals surface area contributed by atoms with Crippen LogP contribution in [0.5, 0.6) is 11.5 Å². The number of amides is 1. The van der Waals surface area contributed by atoms with Gasteiger partial charge < -0.3 is 19.5 Å². The summed E-state index contributed by atoms with van der Waals surface area (Å²) in [4.78, 5) is 34.0. The zero-order chi connectivity index (χ0) is 34.7. The predicted octanol–water partition coefficient (Wildman–Crippen LogP) is 6.76. The summed E-state index contributed by atoms with van der Waals surface area (Å²) in [6, 6.07) is 4.90. The highest BCUT2D eigenvalue weighted by Crippen LogP contribution is 2.46. The largest absolute Gasteiger partial charge is 0.493 e. The molecule has 1 N–H and O–H groups in total. The molecule has 0 fully saturated rings. The number of benzene rings is 1. The third-order valence-corrected chi connectivity index (χ3v) is 11.4. The van der Waals surface area contributed by atoms with Gasteiger partial charge in [-0.25, -0.2) is 23.2 Å². The number of alkyl halides is 3. The second-order valence-corrected chi connectivity index (χ2v) is 15.0. The molecule has 1 aliphatic rings. The second-order valence-electron chi connectivity index (χ2n) is 11.9. The Labute approximate surface area is 276 Å². The van der Waals surface area contributed by atoms with E-state index >= 15 is 0 Å². The minimum absolute atomic E-state index is 0.105. The molecule has 15 heteroatoms. The maximum Gasteiger partial charge on any atom is 0.433 e. The Balaban J connectivity index is 1.52. The Morgan fingerprint density at radius 3 is 2.38 bits per heavy atom. The van der Waals surface area contributed by atoms with E-state index in [-0.39, 0.29) is 35.3 Å². The van der Waals surface area contributed by atoms with Crippen LogP contribution < -0.4 is 14.8 Å².